The molecule has 0 aliphatic carbocycles. The molecule has 0 spiro atoms. The van der Waals surface area contributed by atoms with Gasteiger partial charge < -0.3 is 4.42 Å². The molecule has 3 N–H and O–H groups in total. The first-order valence-electron chi connectivity index (χ1n) is 5.82. The highest BCUT2D eigenvalue weighted by atomic mass is 19.1. The lowest BCUT2D eigenvalue weighted by molar-refractivity contribution is 0.457. The van der Waals surface area contributed by atoms with Crippen molar-refractivity contribution in [1.29, 1.82) is 0 Å². The van der Waals surface area contributed by atoms with Crippen LogP contribution in [0.2, 0.25) is 0 Å². The van der Waals surface area contributed by atoms with Gasteiger partial charge in [0, 0.05) is 18.6 Å². The number of aryl methyl sites for hydroxylation is 1. The summed E-state index contributed by atoms with van der Waals surface area (Å²) in [7, 11) is 1.81. The number of benzene rings is 1. The van der Waals surface area contributed by atoms with Crippen LogP contribution in [0, 0.1) is 5.82 Å². The molecule has 2 heterocycles. The summed E-state index contributed by atoms with van der Waals surface area (Å²) in [4.78, 5) is 0. The summed E-state index contributed by atoms with van der Waals surface area (Å²) in [6.45, 7) is 0. The summed E-state index contributed by atoms with van der Waals surface area (Å²) in [5, 5.41) is 4.97. The minimum absolute atomic E-state index is 0.230. The molecule has 2 aromatic heterocycles. The van der Waals surface area contributed by atoms with E-state index < -0.39 is 6.04 Å². The van der Waals surface area contributed by atoms with E-state index >= 15 is 0 Å². The Morgan fingerprint density at radius 3 is 2.89 bits per heavy atom. The van der Waals surface area contributed by atoms with Crippen LogP contribution in [0.1, 0.15) is 17.5 Å². The number of rotatable bonds is 3. The average molecular weight is 260 g/mol. The number of hydrogen-bond donors (Lipinski definition) is 2. The summed E-state index contributed by atoms with van der Waals surface area (Å²) < 4.78 is 20.8. The summed E-state index contributed by atoms with van der Waals surface area (Å²) in [6, 6.07) is 7.97. The van der Waals surface area contributed by atoms with Crippen LogP contribution < -0.4 is 11.3 Å². The number of nitrogens with one attached hydrogen (secondary N) is 1. The van der Waals surface area contributed by atoms with Gasteiger partial charge in [0.05, 0.1) is 5.69 Å². The number of aromatic nitrogens is 2. The van der Waals surface area contributed by atoms with Crippen LogP contribution in [0.15, 0.2) is 40.9 Å². The van der Waals surface area contributed by atoms with Gasteiger partial charge in [-0.05, 0) is 18.2 Å². The molecule has 0 radical (unpaired) electrons. The summed E-state index contributed by atoms with van der Waals surface area (Å²) in [5.74, 6) is 5.69. The minimum atomic E-state index is -0.409. The number of nitrogens with zero attached hydrogens (tertiary/aromatic N) is 2. The second kappa shape index (κ2) is 4.49. The van der Waals surface area contributed by atoms with Crippen molar-refractivity contribution >= 4 is 11.0 Å². The topological polar surface area (TPSA) is 69.0 Å². The van der Waals surface area contributed by atoms with Gasteiger partial charge in [0.25, 0.3) is 0 Å². The lowest BCUT2D eigenvalue weighted by atomic mass is 10.1. The van der Waals surface area contributed by atoms with E-state index in [9.17, 15) is 4.39 Å². The molecule has 1 unspecified atom stereocenters. The number of furan rings is 1. The third-order valence-electron chi connectivity index (χ3n) is 3.00. The molecule has 3 aromatic rings. The minimum Gasteiger partial charge on any atom is -0.456 e. The predicted molar refractivity (Wildman–Crippen MR) is 68.5 cm³/mol. The fourth-order valence-electron chi connectivity index (χ4n) is 2.09. The Kier molecular flexibility index (Phi) is 2.81. The van der Waals surface area contributed by atoms with Gasteiger partial charge in [-0.2, -0.15) is 5.10 Å². The van der Waals surface area contributed by atoms with Crippen LogP contribution in [0.3, 0.4) is 0 Å². The number of hydrogen-bond acceptors (Lipinski definition) is 4. The van der Waals surface area contributed by atoms with Gasteiger partial charge in [-0.3, -0.25) is 10.5 Å². The van der Waals surface area contributed by atoms with E-state index in [-0.39, 0.29) is 11.4 Å². The molecule has 0 aliphatic heterocycles. The van der Waals surface area contributed by atoms with E-state index in [2.05, 4.69) is 10.5 Å². The van der Waals surface area contributed by atoms with E-state index in [0.717, 1.165) is 0 Å². The van der Waals surface area contributed by atoms with E-state index in [1.165, 1.54) is 6.07 Å². The van der Waals surface area contributed by atoms with Crippen molar-refractivity contribution in [1.82, 2.24) is 15.2 Å². The van der Waals surface area contributed by atoms with Gasteiger partial charge in [0.15, 0.2) is 11.4 Å². The number of hydrazine groups is 1. The third-order valence-corrected chi connectivity index (χ3v) is 3.00. The molecule has 0 saturated carbocycles. The number of nitrogens with two attached hydrogens (primary N) is 1. The van der Waals surface area contributed by atoms with Crippen LogP contribution in [-0.4, -0.2) is 9.78 Å². The average Bonchev–Trinajstić information content (AvgIpc) is 2.98. The first-order chi connectivity index (χ1) is 9.19. The first kappa shape index (κ1) is 11.9. The van der Waals surface area contributed by atoms with Crippen molar-refractivity contribution in [2.75, 3.05) is 0 Å². The molecule has 19 heavy (non-hydrogen) atoms. The molecule has 0 aliphatic rings. The van der Waals surface area contributed by atoms with Crippen LogP contribution >= 0.6 is 0 Å². The van der Waals surface area contributed by atoms with Crippen molar-refractivity contribution in [2.24, 2.45) is 12.9 Å². The van der Waals surface area contributed by atoms with Gasteiger partial charge >= 0.3 is 0 Å². The Morgan fingerprint density at radius 2 is 2.26 bits per heavy atom. The molecule has 3 rings (SSSR count). The van der Waals surface area contributed by atoms with E-state index in [1.807, 2.05) is 19.3 Å². The molecular weight excluding hydrogens is 247 g/mol. The molecule has 6 heteroatoms. The molecular formula is C13H13FN4O. The quantitative estimate of drug-likeness (QED) is 0.557. The zero-order chi connectivity index (χ0) is 13.4. The third kappa shape index (κ3) is 2.00. The molecule has 98 valence electrons. The van der Waals surface area contributed by atoms with E-state index in [0.29, 0.717) is 16.8 Å². The molecule has 1 aromatic carbocycles. The number of fused-ring (bicyclic) bond motifs is 1. The summed E-state index contributed by atoms with van der Waals surface area (Å²) in [5.41, 5.74) is 3.58. The smallest absolute Gasteiger partial charge is 0.169 e. The molecule has 1 atom stereocenters. The fourth-order valence-corrected chi connectivity index (χ4v) is 2.09. The van der Waals surface area contributed by atoms with Crippen LogP contribution in [-0.2, 0) is 7.05 Å². The van der Waals surface area contributed by atoms with E-state index in [1.54, 1.807) is 22.9 Å². The van der Waals surface area contributed by atoms with Crippen molar-refractivity contribution in [3.63, 3.8) is 0 Å². The van der Waals surface area contributed by atoms with Gasteiger partial charge in [-0.1, -0.05) is 12.1 Å². The van der Waals surface area contributed by atoms with Crippen LogP contribution in [0.5, 0.6) is 0 Å². The molecule has 0 saturated heterocycles. The normalized spacial score (nSPS) is 13.0. The Morgan fingerprint density at radius 1 is 1.42 bits per heavy atom. The highest BCUT2D eigenvalue weighted by molar-refractivity contribution is 5.78. The standard InChI is InChI=1S/C13H13FN4O/c1-18-6-5-10(17-18)12(16-15)11-7-8-3-2-4-9(14)13(8)19-11/h2-7,12,16H,15H2,1H3. The van der Waals surface area contributed by atoms with Gasteiger partial charge in [0.1, 0.15) is 11.8 Å². The Bertz CT molecular complexity index is 718. The van der Waals surface area contributed by atoms with Gasteiger partial charge in [0.2, 0.25) is 0 Å². The summed E-state index contributed by atoms with van der Waals surface area (Å²) >= 11 is 0. The zero-order valence-corrected chi connectivity index (χ0v) is 10.3. The van der Waals surface area contributed by atoms with Gasteiger partial charge in [-0.25, -0.2) is 9.82 Å². The molecule has 0 bridgehead atoms. The van der Waals surface area contributed by atoms with E-state index in [4.69, 9.17) is 10.3 Å². The highest BCUT2D eigenvalue weighted by Gasteiger charge is 2.20. The first-order valence-corrected chi connectivity index (χ1v) is 5.82. The Labute approximate surface area is 108 Å². The van der Waals surface area contributed by atoms with Gasteiger partial charge in [-0.15, -0.1) is 0 Å². The van der Waals surface area contributed by atoms with Crippen molar-refractivity contribution in [2.45, 2.75) is 6.04 Å². The Hall–Kier alpha value is -2.18. The second-order valence-electron chi connectivity index (χ2n) is 4.32. The number of halogens is 1. The summed E-state index contributed by atoms with van der Waals surface area (Å²) in [6.07, 6.45) is 1.81. The fraction of sp³-hybridized carbons (Fsp3) is 0.154. The predicted octanol–water partition coefficient (Wildman–Crippen LogP) is 1.86. The lowest BCUT2D eigenvalue weighted by Gasteiger charge is -2.09. The van der Waals surface area contributed by atoms with Crippen LogP contribution in [0.25, 0.3) is 11.0 Å². The maximum absolute atomic E-state index is 13.6. The van der Waals surface area contributed by atoms with Crippen molar-refractivity contribution < 1.29 is 8.81 Å². The van der Waals surface area contributed by atoms with Crippen molar-refractivity contribution in [3.05, 3.63) is 53.8 Å². The molecule has 5 nitrogen and oxygen atoms in total. The SMILES string of the molecule is Cn1ccc(C(NN)c2cc3cccc(F)c3o2)n1. The molecule has 0 amide bonds. The molecule has 0 fully saturated rings. The van der Waals surface area contributed by atoms with Crippen molar-refractivity contribution in [3.8, 4) is 0 Å². The highest BCUT2D eigenvalue weighted by Crippen LogP contribution is 2.28. The monoisotopic (exact) mass is 260 g/mol. The van der Waals surface area contributed by atoms with Crippen LogP contribution in [0.4, 0.5) is 4.39 Å². The zero-order valence-electron chi connectivity index (χ0n) is 10.3. The largest absolute Gasteiger partial charge is 0.456 e. The number of para-hydroxylation sites is 1. The lowest BCUT2D eigenvalue weighted by Crippen LogP contribution is -2.28. The Balaban J connectivity index is 2.09. The second-order valence-corrected chi connectivity index (χ2v) is 4.32. The maximum Gasteiger partial charge on any atom is 0.169 e. The maximum atomic E-state index is 13.6.